The zero-order valence-electron chi connectivity index (χ0n) is 26.3. The van der Waals surface area contributed by atoms with Gasteiger partial charge in [0.25, 0.3) is 0 Å². The highest BCUT2D eigenvalue weighted by Crippen LogP contribution is 2.32. The molecule has 0 bridgehead atoms. The van der Waals surface area contributed by atoms with Crippen LogP contribution < -0.4 is 0 Å². The molecule has 41 heavy (non-hydrogen) atoms. The van der Waals surface area contributed by atoms with Crippen molar-refractivity contribution in [3.8, 4) is 0 Å². The molecule has 2 rings (SSSR count). The highest BCUT2D eigenvalue weighted by molar-refractivity contribution is 7.09. The van der Waals surface area contributed by atoms with Gasteiger partial charge in [0.2, 0.25) is 5.91 Å². The summed E-state index contributed by atoms with van der Waals surface area (Å²) in [5.74, 6) is -1.39. The molecule has 9 nitrogen and oxygen atoms in total. The number of nitrogens with zero attached hydrogens (tertiary/aromatic N) is 3. The summed E-state index contributed by atoms with van der Waals surface area (Å²) in [6, 6.07) is -0.426. The van der Waals surface area contributed by atoms with Gasteiger partial charge in [-0.25, -0.2) is 9.78 Å². The minimum absolute atomic E-state index is 0.0130. The van der Waals surface area contributed by atoms with E-state index >= 15 is 0 Å². The van der Waals surface area contributed by atoms with Crippen LogP contribution in [0.25, 0.3) is 0 Å². The predicted molar refractivity (Wildman–Crippen MR) is 161 cm³/mol. The number of likely N-dealkylation sites (N-methyl/N-ethyl adjacent to an activating group) is 1. The number of hydrogen-bond acceptors (Lipinski definition) is 9. The Bertz CT molecular complexity index is 1010. The van der Waals surface area contributed by atoms with E-state index in [9.17, 15) is 19.2 Å². The maximum Gasteiger partial charge on any atom is 0.357 e. The SMILES string of the molecule is CCCC(=O)OCN(C(=O)[C@@H](CC(=O)[C@@H]1CCCCN1C)[C@@H](C)CC)[C@H](C[C@@H](C)c1nc(C(=O)OC)cs1)C(C)C. The molecule has 1 aliphatic rings. The monoisotopic (exact) mass is 593 g/mol. The Morgan fingerprint density at radius 1 is 1.15 bits per heavy atom. The van der Waals surface area contributed by atoms with E-state index in [1.54, 1.807) is 10.3 Å². The number of rotatable bonds is 16. The molecule has 0 spiro atoms. The van der Waals surface area contributed by atoms with Crippen LogP contribution in [0.3, 0.4) is 0 Å². The number of thiazole rings is 1. The molecule has 0 aromatic carbocycles. The fourth-order valence-corrected chi connectivity index (χ4v) is 6.40. The molecule has 0 aliphatic carbocycles. The molecule has 1 aliphatic heterocycles. The first-order chi connectivity index (χ1) is 19.4. The number of piperidine rings is 1. The highest BCUT2D eigenvalue weighted by atomic mass is 32.1. The van der Waals surface area contributed by atoms with E-state index in [1.165, 1.54) is 18.4 Å². The van der Waals surface area contributed by atoms with Gasteiger partial charge in [0.05, 0.1) is 18.2 Å². The maximum absolute atomic E-state index is 14.4. The fourth-order valence-electron chi connectivity index (χ4n) is 5.54. The number of hydrogen-bond donors (Lipinski definition) is 0. The van der Waals surface area contributed by atoms with Crippen molar-refractivity contribution in [2.45, 2.75) is 111 Å². The average Bonchev–Trinajstić information content (AvgIpc) is 3.45. The molecule has 0 saturated carbocycles. The average molecular weight is 594 g/mol. The lowest BCUT2D eigenvalue weighted by Gasteiger charge is -2.39. The molecule has 0 unspecified atom stereocenters. The molecule has 2 heterocycles. The van der Waals surface area contributed by atoms with Crippen molar-refractivity contribution in [1.29, 1.82) is 0 Å². The first-order valence-corrected chi connectivity index (χ1v) is 16.1. The van der Waals surface area contributed by atoms with Crippen molar-refractivity contribution in [1.82, 2.24) is 14.8 Å². The van der Waals surface area contributed by atoms with Gasteiger partial charge < -0.3 is 14.4 Å². The summed E-state index contributed by atoms with van der Waals surface area (Å²) in [6.07, 6.45) is 5.36. The van der Waals surface area contributed by atoms with Crippen LogP contribution >= 0.6 is 11.3 Å². The zero-order chi connectivity index (χ0) is 30.7. The molecule has 1 aromatic heterocycles. The van der Waals surface area contributed by atoms with Crippen molar-refractivity contribution >= 4 is 35.0 Å². The van der Waals surface area contributed by atoms with Gasteiger partial charge in [-0.3, -0.25) is 19.3 Å². The maximum atomic E-state index is 14.4. The van der Waals surface area contributed by atoms with Gasteiger partial charge in [0.1, 0.15) is 0 Å². The van der Waals surface area contributed by atoms with Gasteiger partial charge in [0, 0.05) is 36.1 Å². The van der Waals surface area contributed by atoms with E-state index in [0.29, 0.717) is 12.8 Å². The summed E-state index contributed by atoms with van der Waals surface area (Å²) in [5.41, 5.74) is 0.268. The standard InChI is InChI=1S/C31H51N3O6S/c1-9-13-28(36)40-19-34(26(20(3)4)16-22(6)29-32-24(18-41-29)31(38)39-8)30(37)23(21(5)10-2)17-27(35)25-14-11-12-15-33(25)7/h18,20-23,25-26H,9-17,19H2,1-8H3/t21-,22+,23-,25-,26+/m0/s1. The second-order valence-electron chi connectivity index (χ2n) is 11.9. The topological polar surface area (TPSA) is 106 Å². The number of carbonyl (C=O) groups excluding carboxylic acids is 4. The van der Waals surface area contributed by atoms with Gasteiger partial charge in [-0.1, -0.05) is 54.4 Å². The van der Waals surface area contributed by atoms with Crippen molar-refractivity contribution in [3.05, 3.63) is 16.1 Å². The number of esters is 2. The van der Waals surface area contributed by atoms with Crippen LogP contribution in [0.2, 0.25) is 0 Å². The van der Waals surface area contributed by atoms with Gasteiger partial charge in [-0.15, -0.1) is 11.3 Å². The molecule has 5 atom stereocenters. The Morgan fingerprint density at radius 2 is 1.85 bits per heavy atom. The van der Waals surface area contributed by atoms with E-state index in [4.69, 9.17) is 9.47 Å². The van der Waals surface area contributed by atoms with Crippen LogP contribution in [0.15, 0.2) is 5.38 Å². The lowest BCUT2D eigenvalue weighted by Crippen LogP contribution is -2.50. The van der Waals surface area contributed by atoms with E-state index in [0.717, 1.165) is 37.2 Å². The number of ether oxygens (including phenoxy) is 2. The normalized spacial score (nSPS) is 18.8. The zero-order valence-corrected chi connectivity index (χ0v) is 27.1. The first-order valence-electron chi connectivity index (χ1n) is 15.2. The molecule has 1 aromatic rings. The number of ketones is 1. The van der Waals surface area contributed by atoms with Crippen LogP contribution in [-0.2, 0) is 23.9 Å². The minimum atomic E-state index is -0.505. The van der Waals surface area contributed by atoms with Crippen molar-refractivity contribution in [2.75, 3.05) is 27.4 Å². The second-order valence-corrected chi connectivity index (χ2v) is 12.8. The molecule has 1 amide bonds. The lowest BCUT2D eigenvalue weighted by molar-refractivity contribution is -0.160. The van der Waals surface area contributed by atoms with E-state index in [2.05, 4.69) is 9.88 Å². The van der Waals surface area contributed by atoms with Crippen LogP contribution in [0.4, 0.5) is 0 Å². The van der Waals surface area contributed by atoms with Crippen LogP contribution in [0, 0.1) is 17.8 Å². The molecule has 1 fully saturated rings. The Hall–Kier alpha value is -2.33. The van der Waals surface area contributed by atoms with Crippen LogP contribution in [0.5, 0.6) is 0 Å². The number of likely N-dealkylation sites (tertiary alicyclic amines) is 1. The molecule has 232 valence electrons. The van der Waals surface area contributed by atoms with Gasteiger partial charge >= 0.3 is 11.9 Å². The second kappa shape index (κ2) is 16.9. The summed E-state index contributed by atoms with van der Waals surface area (Å²) in [6.45, 7) is 12.8. The number of methoxy groups -OCH3 is 1. The summed E-state index contributed by atoms with van der Waals surface area (Å²) in [7, 11) is 3.31. The third kappa shape index (κ3) is 9.87. The number of Topliss-reactive ketones (excluding diaryl/α,β-unsaturated/α-hetero) is 1. The summed E-state index contributed by atoms with van der Waals surface area (Å²) in [4.78, 5) is 60.6. The third-order valence-corrected chi connectivity index (χ3v) is 9.49. The highest BCUT2D eigenvalue weighted by Gasteiger charge is 2.38. The van der Waals surface area contributed by atoms with Crippen molar-refractivity contribution in [2.24, 2.45) is 17.8 Å². The Kier molecular flexibility index (Phi) is 14.4. The molecule has 1 saturated heterocycles. The predicted octanol–water partition coefficient (Wildman–Crippen LogP) is 5.68. The molecule has 0 N–H and O–H groups in total. The summed E-state index contributed by atoms with van der Waals surface area (Å²) < 4.78 is 10.4. The minimum Gasteiger partial charge on any atom is -0.464 e. The van der Waals surface area contributed by atoms with E-state index < -0.39 is 11.9 Å². The van der Waals surface area contributed by atoms with Gasteiger partial charge in [-0.2, -0.15) is 0 Å². The Labute approximate surface area is 250 Å². The quantitative estimate of drug-likeness (QED) is 0.178. The van der Waals surface area contributed by atoms with Gasteiger partial charge in [0.15, 0.2) is 18.2 Å². The van der Waals surface area contributed by atoms with Crippen LogP contribution in [0.1, 0.15) is 114 Å². The lowest BCUT2D eigenvalue weighted by atomic mass is 9.82. The smallest absolute Gasteiger partial charge is 0.357 e. The molecular weight excluding hydrogens is 542 g/mol. The van der Waals surface area contributed by atoms with Gasteiger partial charge in [-0.05, 0) is 51.1 Å². The number of amides is 1. The van der Waals surface area contributed by atoms with Crippen molar-refractivity contribution < 1.29 is 28.7 Å². The largest absolute Gasteiger partial charge is 0.464 e. The van der Waals surface area contributed by atoms with Crippen molar-refractivity contribution in [3.63, 3.8) is 0 Å². The first kappa shape index (κ1) is 34.9. The molecule has 10 heteroatoms. The van der Waals surface area contributed by atoms with E-state index in [1.807, 2.05) is 48.6 Å². The summed E-state index contributed by atoms with van der Waals surface area (Å²) in [5, 5.41) is 2.46. The number of aromatic nitrogens is 1. The summed E-state index contributed by atoms with van der Waals surface area (Å²) >= 11 is 1.39. The third-order valence-electron chi connectivity index (χ3n) is 8.42. The molecule has 0 radical (unpaired) electrons. The number of carbonyl (C=O) groups is 4. The Balaban J connectivity index is 2.37. The van der Waals surface area contributed by atoms with Crippen LogP contribution in [-0.4, -0.2) is 77.9 Å². The molecular formula is C31H51N3O6S. The Morgan fingerprint density at radius 3 is 2.44 bits per heavy atom. The van der Waals surface area contributed by atoms with E-state index in [-0.39, 0.29) is 72.8 Å². The fraction of sp³-hybridized carbons (Fsp3) is 0.774.